The van der Waals surface area contributed by atoms with Crippen LogP contribution in [0.3, 0.4) is 0 Å². The molecule has 1 heterocycles. The quantitative estimate of drug-likeness (QED) is 0.633. The number of rotatable bonds is 8. The number of anilines is 2. The van der Waals surface area contributed by atoms with Gasteiger partial charge in [-0.3, -0.25) is 4.79 Å². The van der Waals surface area contributed by atoms with Crippen LogP contribution in [-0.2, 0) is 4.79 Å². The predicted molar refractivity (Wildman–Crippen MR) is 102 cm³/mol. The molecule has 0 fully saturated rings. The van der Waals surface area contributed by atoms with Crippen LogP contribution in [0.1, 0.15) is 26.2 Å². The van der Waals surface area contributed by atoms with Crippen molar-refractivity contribution in [3.05, 3.63) is 40.6 Å². The molecule has 26 heavy (non-hydrogen) atoms. The lowest BCUT2D eigenvalue weighted by atomic mass is 10.2. The monoisotopic (exact) mass is 398 g/mol. The second kappa shape index (κ2) is 10.0. The summed E-state index contributed by atoms with van der Waals surface area (Å²) in [5, 5.41) is 9.70. The van der Waals surface area contributed by atoms with Gasteiger partial charge < -0.3 is 20.1 Å². The van der Waals surface area contributed by atoms with Crippen molar-refractivity contribution in [2.45, 2.75) is 26.2 Å². The molecule has 0 atom stereocenters. The van der Waals surface area contributed by atoms with Crippen LogP contribution in [0, 0.1) is 0 Å². The maximum Gasteiger partial charge on any atom is 0.322 e. The molecule has 0 aliphatic rings. The van der Waals surface area contributed by atoms with Gasteiger partial charge in [-0.2, -0.15) is 0 Å². The Labute approximate surface area is 161 Å². The van der Waals surface area contributed by atoms with Crippen molar-refractivity contribution in [2.24, 2.45) is 0 Å². The average molecular weight is 399 g/mol. The fourth-order valence-electron chi connectivity index (χ4n) is 2.22. The maximum absolute atomic E-state index is 12.6. The van der Waals surface area contributed by atoms with E-state index in [-0.39, 0.29) is 12.5 Å². The zero-order valence-corrected chi connectivity index (χ0v) is 15.8. The highest BCUT2D eigenvalue weighted by Crippen LogP contribution is 2.25. The Kier molecular flexibility index (Phi) is 7.74. The van der Waals surface area contributed by atoms with Crippen LogP contribution >= 0.6 is 23.2 Å². The van der Waals surface area contributed by atoms with Gasteiger partial charge in [0.1, 0.15) is 12.8 Å². The first-order chi connectivity index (χ1) is 12.5. The molecule has 0 saturated heterocycles. The van der Waals surface area contributed by atoms with E-state index in [1.807, 2.05) is 0 Å². The van der Waals surface area contributed by atoms with Gasteiger partial charge >= 0.3 is 6.03 Å². The molecule has 140 valence electrons. The molecular formula is C17H20Cl2N4O3. The van der Waals surface area contributed by atoms with Gasteiger partial charge in [-0.05, 0) is 24.6 Å². The van der Waals surface area contributed by atoms with Crippen LogP contribution in [-0.4, -0.2) is 35.1 Å². The molecular weight excluding hydrogens is 379 g/mol. The van der Waals surface area contributed by atoms with Crippen LogP contribution in [0.2, 0.25) is 10.0 Å². The van der Waals surface area contributed by atoms with E-state index in [9.17, 15) is 9.59 Å². The molecule has 1 aromatic heterocycles. The van der Waals surface area contributed by atoms with Crippen molar-refractivity contribution in [1.82, 2.24) is 10.1 Å². The Morgan fingerprint density at radius 3 is 2.65 bits per heavy atom. The second-order valence-corrected chi connectivity index (χ2v) is 6.46. The van der Waals surface area contributed by atoms with Crippen LogP contribution in [0.15, 0.2) is 35.1 Å². The number of carbonyl (C=O) groups is 2. The van der Waals surface area contributed by atoms with Crippen LogP contribution in [0.4, 0.5) is 16.3 Å². The Morgan fingerprint density at radius 1 is 1.19 bits per heavy atom. The fourth-order valence-corrected chi connectivity index (χ4v) is 2.68. The smallest absolute Gasteiger partial charge is 0.322 e. The van der Waals surface area contributed by atoms with E-state index in [2.05, 4.69) is 27.2 Å². The third-order valence-corrected chi connectivity index (χ3v) is 4.08. The molecule has 2 aromatic rings. The van der Waals surface area contributed by atoms with E-state index >= 15 is 0 Å². The first-order valence-corrected chi connectivity index (χ1v) is 8.96. The highest BCUT2D eigenvalue weighted by atomic mass is 35.5. The Morgan fingerprint density at radius 2 is 2.00 bits per heavy atom. The summed E-state index contributed by atoms with van der Waals surface area (Å²) in [7, 11) is 0. The first-order valence-electron chi connectivity index (χ1n) is 8.20. The molecule has 7 nitrogen and oxygen atoms in total. The molecule has 0 spiro atoms. The molecule has 0 bridgehead atoms. The molecule has 0 aliphatic heterocycles. The maximum atomic E-state index is 12.6. The number of unbranched alkanes of at least 4 members (excludes halogenated alkanes) is 2. The molecule has 1 aromatic carbocycles. The van der Waals surface area contributed by atoms with Crippen molar-refractivity contribution in [2.75, 3.05) is 23.7 Å². The van der Waals surface area contributed by atoms with Crippen LogP contribution in [0.5, 0.6) is 0 Å². The normalized spacial score (nSPS) is 10.4. The minimum absolute atomic E-state index is 0.117. The number of urea groups is 1. The van der Waals surface area contributed by atoms with Crippen molar-refractivity contribution in [1.29, 1.82) is 0 Å². The minimum Gasteiger partial charge on any atom is -0.363 e. The molecule has 0 unspecified atom stereocenters. The fraction of sp³-hybridized carbons (Fsp3) is 0.353. The molecule has 0 saturated carbocycles. The van der Waals surface area contributed by atoms with Crippen LogP contribution in [0.25, 0.3) is 0 Å². The van der Waals surface area contributed by atoms with Gasteiger partial charge in [0.2, 0.25) is 5.91 Å². The summed E-state index contributed by atoms with van der Waals surface area (Å²) in [6, 6.07) is 5.88. The van der Waals surface area contributed by atoms with E-state index in [0.29, 0.717) is 28.1 Å². The number of nitrogens with zero attached hydrogens (tertiary/aromatic N) is 2. The molecule has 2 N–H and O–H groups in total. The first kappa shape index (κ1) is 20.1. The highest BCUT2D eigenvalue weighted by Gasteiger charge is 2.18. The molecule has 3 amide bonds. The standard InChI is InChI=1S/C17H20Cl2N4O3/c1-2-3-4-8-23(11-16(24)21-15-7-9-26-22-15)17(25)20-14-6-5-12(18)10-13(14)19/h5-7,9-10H,2-4,8,11H2,1H3,(H,20,25)(H,21,22,24). The van der Waals surface area contributed by atoms with Crippen molar-refractivity contribution < 1.29 is 14.1 Å². The number of halogens is 2. The van der Waals surface area contributed by atoms with E-state index in [1.165, 1.54) is 23.3 Å². The van der Waals surface area contributed by atoms with Crippen molar-refractivity contribution in [3.63, 3.8) is 0 Å². The lowest BCUT2D eigenvalue weighted by Crippen LogP contribution is -2.41. The zero-order valence-electron chi connectivity index (χ0n) is 14.3. The van der Waals surface area contributed by atoms with Crippen molar-refractivity contribution in [3.8, 4) is 0 Å². The number of carbonyl (C=O) groups excluding carboxylic acids is 2. The summed E-state index contributed by atoms with van der Waals surface area (Å²) >= 11 is 12.0. The van der Waals surface area contributed by atoms with Crippen molar-refractivity contribution >= 4 is 46.6 Å². The lowest BCUT2D eigenvalue weighted by Gasteiger charge is -2.22. The van der Waals surface area contributed by atoms with E-state index < -0.39 is 6.03 Å². The summed E-state index contributed by atoms with van der Waals surface area (Å²) < 4.78 is 4.67. The Hall–Kier alpha value is -2.25. The summed E-state index contributed by atoms with van der Waals surface area (Å²) in [4.78, 5) is 26.2. The molecule has 2 rings (SSSR count). The van der Waals surface area contributed by atoms with Gasteiger partial charge in [0, 0.05) is 17.6 Å². The zero-order chi connectivity index (χ0) is 18.9. The van der Waals surface area contributed by atoms with E-state index in [1.54, 1.807) is 12.1 Å². The third kappa shape index (κ3) is 6.24. The van der Waals surface area contributed by atoms with Crippen LogP contribution < -0.4 is 10.6 Å². The molecule has 9 heteroatoms. The minimum atomic E-state index is -0.416. The number of amides is 3. The molecule has 0 radical (unpaired) electrons. The van der Waals surface area contributed by atoms with E-state index in [0.717, 1.165) is 19.3 Å². The molecule has 0 aliphatic carbocycles. The number of hydrogen-bond acceptors (Lipinski definition) is 4. The Balaban J connectivity index is 2.01. The topological polar surface area (TPSA) is 87.5 Å². The van der Waals surface area contributed by atoms with Gasteiger partial charge in [-0.1, -0.05) is 48.1 Å². The number of hydrogen-bond donors (Lipinski definition) is 2. The number of benzene rings is 1. The predicted octanol–water partition coefficient (Wildman–Crippen LogP) is 4.64. The van der Waals surface area contributed by atoms with Gasteiger partial charge in [0.25, 0.3) is 0 Å². The summed E-state index contributed by atoms with van der Waals surface area (Å²) in [5.41, 5.74) is 0.429. The Bertz CT molecular complexity index is 738. The third-order valence-electron chi connectivity index (χ3n) is 3.53. The highest BCUT2D eigenvalue weighted by molar-refractivity contribution is 6.36. The van der Waals surface area contributed by atoms with E-state index in [4.69, 9.17) is 23.2 Å². The summed E-state index contributed by atoms with van der Waals surface area (Å²) in [5.74, 6) is -0.0718. The largest absolute Gasteiger partial charge is 0.363 e. The second-order valence-electron chi connectivity index (χ2n) is 5.62. The lowest BCUT2D eigenvalue weighted by molar-refractivity contribution is -0.116. The van der Waals surface area contributed by atoms with Gasteiger partial charge in [0.15, 0.2) is 5.82 Å². The number of nitrogens with one attached hydrogen (secondary N) is 2. The average Bonchev–Trinajstić information content (AvgIpc) is 3.09. The summed E-state index contributed by atoms with van der Waals surface area (Å²) in [6.45, 7) is 2.39. The van der Waals surface area contributed by atoms with Gasteiger partial charge in [0.05, 0.1) is 10.7 Å². The SMILES string of the molecule is CCCCCN(CC(=O)Nc1ccon1)C(=O)Nc1ccc(Cl)cc1Cl. The number of aromatic nitrogens is 1. The summed E-state index contributed by atoms with van der Waals surface area (Å²) in [6.07, 6.45) is 4.10. The van der Waals surface area contributed by atoms with Gasteiger partial charge in [-0.15, -0.1) is 0 Å². The van der Waals surface area contributed by atoms with Gasteiger partial charge in [-0.25, -0.2) is 4.79 Å².